The number of amides is 1. The third kappa shape index (κ3) is 3.52. The van der Waals surface area contributed by atoms with Gasteiger partial charge in [0.15, 0.2) is 6.61 Å². The quantitative estimate of drug-likeness (QED) is 0.901. The molecule has 21 heavy (non-hydrogen) atoms. The van der Waals surface area contributed by atoms with Crippen LogP contribution in [0.2, 0.25) is 5.02 Å². The summed E-state index contributed by atoms with van der Waals surface area (Å²) in [6, 6.07) is 7.36. The van der Waals surface area contributed by atoms with Crippen molar-refractivity contribution in [1.29, 1.82) is 0 Å². The van der Waals surface area contributed by atoms with E-state index in [9.17, 15) is 4.79 Å². The van der Waals surface area contributed by atoms with E-state index in [1.807, 2.05) is 6.07 Å². The molecule has 0 spiro atoms. The number of carbonyl (C=O) groups is 1. The van der Waals surface area contributed by atoms with Gasteiger partial charge in [-0.1, -0.05) is 24.1 Å². The van der Waals surface area contributed by atoms with Crippen LogP contribution in [0.5, 0.6) is 5.75 Å². The molecule has 0 saturated heterocycles. The lowest BCUT2D eigenvalue weighted by Gasteiger charge is -2.28. The lowest BCUT2D eigenvalue weighted by Crippen LogP contribution is -2.42. The van der Waals surface area contributed by atoms with Crippen LogP contribution in [0.25, 0.3) is 0 Å². The molecular weight excluding hydrogens is 286 g/mol. The van der Waals surface area contributed by atoms with Crippen molar-refractivity contribution in [3.05, 3.63) is 29.3 Å². The lowest BCUT2D eigenvalue weighted by atomic mass is 9.84. The molecule has 114 valence electrons. The zero-order chi connectivity index (χ0) is 14.8. The smallest absolute Gasteiger partial charge is 0.258 e. The molecule has 2 bridgehead atoms. The van der Waals surface area contributed by atoms with E-state index in [1.54, 1.807) is 18.2 Å². The van der Waals surface area contributed by atoms with Crippen molar-refractivity contribution in [3.63, 3.8) is 0 Å². The van der Waals surface area contributed by atoms with E-state index in [2.05, 4.69) is 12.2 Å². The van der Waals surface area contributed by atoms with Crippen molar-refractivity contribution in [2.75, 3.05) is 6.61 Å². The third-order valence-electron chi connectivity index (χ3n) is 4.99. The molecule has 0 unspecified atom stereocenters. The molecule has 2 aliphatic carbocycles. The lowest BCUT2D eigenvalue weighted by molar-refractivity contribution is -0.124. The number of halogens is 1. The summed E-state index contributed by atoms with van der Waals surface area (Å²) in [6.07, 6.45) is 5.37. The topological polar surface area (TPSA) is 38.3 Å². The van der Waals surface area contributed by atoms with E-state index in [1.165, 1.54) is 25.7 Å². The van der Waals surface area contributed by atoms with Crippen molar-refractivity contribution in [3.8, 4) is 5.75 Å². The molecule has 3 nitrogen and oxygen atoms in total. The molecule has 0 aromatic heterocycles. The summed E-state index contributed by atoms with van der Waals surface area (Å²) in [5.74, 6) is 2.95. The van der Waals surface area contributed by atoms with Crippen molar-refractivity contribution in [1.82, 2.24) is 5.32 Å². The van der Waals surface area contributed by atoms with Gasteiger partial charge in [0.05, 0.1) is 0 Å². The number of nitrogens with one attached hydrogen (secondary N) is 1. The van der Waals surface area contributed by atoms with Gasteiger partial charge in [-0.2, -0.15) is 0 Å². The molecule has 2 saturated carbocycles. The molecule has 0 aliphatic heterocycles. The Labute approximate surface area is 131 Å². The number of benzene rings is 1. The van der Waals surface area contributed by atoms with Crippen molar-refractivity contribution in [2.45, 2.75) is 38.6 Å². The van der Waals surface area contributed by atoms with Gasteiger partial charge in [-0.15, -0.1) is 0 Å². The van der Waals surface area contributed by atoms with Crippen LogP contribution in [-0.4, -0.2) is 18.6 Å². The molecule has 1 amide bonds. The van der Waals surface area contributed by atoms with Crippen LogP contribution < -0.4 is 10.1 Å². The second-order valence-corrected chi connectivity index (χ2v) is 6.88. The number of hydrogen-bond acceptors (Lipinski definition) is 2. The maximum absolute atomic E-state index is 12.0. The second-order valence-electron chi connectivity index (χ2n) is 6.44. The summed E-state index contributed by atoms with van der Waals surface area (Å²) < 4.78 is 5.48. The first-order chi connectivity index (χ1) is 10.1. The van der Waals surface area contributed by atoms with Gasteiger partial charge in [0.2, 0.25) is 0 Å². The van der Waals surface area contributed by atoms with E-state index >= 15 is 0 Å². The number of carbonyl (C=O) groups excluding carboxylic acids is 1. The fourth-order valence-electron chi connectivity index (χ4n) is 4.01. The normalized spacial score (nSPS) is 28.4. The van der Waals surface area contributed by atoms with E-state index in [4.69, 9.17) is 16.3 Å². The van der Waals surface area contributed by atoms with Crippen molar-refractivity contribution in [2.24, 2.45) is 17.8 Å². The molecule has 2 aliphatic rings. The number of fused-ring (bicyclic) bond motifs is 2. The van der Waals surface area contributed by atoms with Gasteiger partial charge >= 0.3 is 0 Å². The van der Waals surface area contributed by atoms with Crippen LogP contribution in [0, 0.1) is 17.8 Å². The third-order valence-corrected chi connectivity index (χ3v) is 5.22. The van der Waals surface area contributed by atoms with Crippen molar-refractivity contribution < 1.29 is 9.53 Å². The zero-order valence-electron chi connectivity index (χ0n) is 12.3. The van der Waals surface area contributed by atoms with Crippen molar-refractivity contribution >= 4 is 17.5 Å². The molecular formula is C17H22ClNO2. The highest BCUT2D eigenvalue weighted by molar-refractivity contribution is 6.30. The van der Waals surface area contributed by atoms with Gasteiger partial charge in [-0.3, -0.25) is 4.79 Å². The minimum atomic E-state index is -0.0507. The maximum Gasteiger partial charge on any atom is 0.258 e. The molecule has 3 rings (SSSR count). The van der Waals surface area contributed by atoms with E-state index in [-0.39, 0.29) is 18.6 Å². The fraction of sp³-hybridized carbons (Fsp3) is 0.588. The van der Waals surface area contributed by atoms with Crippen LogP contribution in [0.1, 0.15) is 32.6 Å². The Bertz CT molecular complexity index is 519. The average molecular weight is 308 g/mol. The van der Waals surface area contributed by atoms with Gasteiger partial charge in [0, 0.05) is 11.1 Å². The van der Waals surface area contributed by atoms with Crippen LogP contribution in [0.15, 0.2) is 24.3 Å². The van der Waals surface area contributed by atoms with Gasteiger partial charge in [-0.05, 0) is 62.1 Å². The molecule has 0 radical (unpaired) electrons. The Hall–Kier alpha value is -1.22. The molecule has 2 fully saturated rings. The first-order valence-corrected chi connectivity index (χ1v) is 8.17. The highest BCUT2D eigenvalue weighted by Crippen LogP contribution is 2.49. The largest absolute Gasteiger partial charge is 0.484 e. The summed E-state index contributed by atoms with van der Waals surface area (Å²) in [6.45, 7) is 2.17. The van der Waals surface area contributed by atoms with E-state index in [0.29, 0.717) is 16.7 Å². The SMILES string of the molecule is C[C@H](NC(=O)COc1cccc(Cl)c1)[C@@H]1C[C@@H]2CC[C@@H]1C2. The van der Waals surface area contributed by atoms with Crippen LogP contribution >= 0.6 is 11.6 Å². The molecule has 4 atom stereocenters. The van der Waals surface area contributed by atoms with Crippen LogP contribution in [0.3, 0.4) is 0 Å². The summed E-state index contributed by atoms with van der Waals surface area (Å²) in [4.78, 5) is 12.0. The highest BCUT2D eigenvalue weighted by atomic mass is 35.5. The minimum Gasteiger partial charge on any atom is -0.484 e. The fourth-order valence-corrected chi connectivity index (χ4v) is 4.19. The van der Waals surface area contributed by atoms with Gasteiger partial charge in [0.25, 0.3) is 5.91 Å². The second kappa shape index (κ2) is 6.27. The molecule has 1 N–H and O–H groups in total. The average Bonchev–Trinajstić information content (AvgIpc) is 3.08. The predicted octanol–water partition coefficient (Wildman–Crippen LogP) is 3.66. The van der Waals surface area contributed by atoms with Gasteiger partial charge in [0.1, 0.15) is 5.75 Å². The Kier molecular flexibility index (Phi) is 4.39. The monoisotopic (exact) mass is 307 g/mol. The summed E-state index contributed by atoms with van der Waals surface area (Å²) in [5.41, 5.74) is 0. The number of hydrogen-bond donors (Lipinski definition) is 1. The maximum atomic E-state index is 12.0. The number of rotatable bonds is 5. The van der Waals surface area contributed by atoms with E-state index < -0.39 is 0 Å². The summed E-state index contributed by atoms with van der Waals surface area (Å²) in [7, 11) is 0. The Balaban J connectivity index is 1.46. The van der Waals surface area contributed by atoms with Gasteiger partial charge in [-0.25, -0.2) is 0 Å². The molecule has 4 heteroatoms. The molecule has 0 heterocycles. The molecule has 1 aromatic carbocycles. The Morgan fingerprint density at radius 3 is 2.95 bits per heavy atom. The number of ether oxygens (including phenoxy) is 1. The molecule has 1 aromatic rings. The Morgan fingerprint density at radius 2 is 2.29 bits per heavy atom. The minimum absolute atomic E-state index is 0.0471. The van der Waals surface area contributed by atoms with Gasteiger partial charge < -0.3 is 10.1 Å². The highest BCUT2D eigenvalue weighted by Gasteiger charge is 2.42. The van der Waals surface area contributed by atoms with E-state index in [0.717, 1.165) is 11.8 Å². The Morgan fingerprint density at radius 1 is 1.43 bits per heavy atom. The zero-order valence-corrected chi connectivity index (χ0v) is 13.1. The standard InChI is InChI=1S/C17H22ClNO2/c1-11(16-8-12-5-6-13(16)7-12)19-17(20)10-21-15-4-2-3-14(18)9-15/h2-4,9,11-13,16H,5-8,10H2,1H3,(H,19,20)/t11-,12+,13+,16-/m0/s1. The summed E-state index contributed by atoms with van der Waals surface area (Å²) >= 11 is 5.89. The predicted molar refractivity (Wildman–Crippen MR) is 83.5 cm³/mol. The summed E-state index contributed by atoms with van der Waals surface area (Å²) in [5, 5.41) is 3.71. The first kappa shape index (κ1) is 14.7. The van der Waals surface area contributed by atoms with Crippen LogP contribution in [-0.2, 0) is 4.79 Å². The van der Waals surface area contributed by atoms with Crippen LogP contribution in [0.4, 0.5) is 0 Å². The first-order valence-electron chi connectivity index (χ1n) is 7.79.